The van der Waals surface area contributed by atoms with Gasteiger partial charge in [-0.3, -0.25) is 15.2 Å². The zero-order valence-electron chi connectivity index (χ0n) is 20.3. The zero-order valence-corrected chi connectivity index (χ0v) is 21.8. The van der Waals surface area contributed by atoms with Crippen LogP contribution in [0.3, 0.4) is 0 Å². The maximum absolute atomic E-state index is 13.8. The summed E-state index contributed by atoms with van der Waals surface area (Å²) in [5.74, 6) is -1.46. The molecule has 0 bridgehead atoms. The second-order valence-electron chi connectivity index (χ2n) is 9.50. The van der Waals surface area contributed by atoms with E-state index in [0.29, 0.717) is 41.0 Å². The van der Waals surface area contributed by atoms with E-state index in [9.17, 15) is 22.4 Å². The predicted molar refractivity (Wildman–Crippen MR) is 138 cm³/mol. The van der Waals surface area contributed by atoms with Crippen LogP contribution in [-0.4, -0.2) is 35.0 Å². The van der Waals surface area contributed by atoms with Gasteiger partial charge in [-0.15, -0.1) is 0 Å². The average molecular weight is 581 g/mol. The first-order valence-corrected chi connectivity index (χ1v) is 12.8. The van der Waals surface area contributed by atoms with E-state index in [2.05, 4.69) is 10.3 Å². The molecule has 0 spiro atoms. The highest BCUT2D eigenvalue weighted by molar-refractivity contribution is 6.42. The summed E-state index contributed by atoms with van der Waals surface area (Å²) in [6, 6.07) is 9.35. The van der Waals surface area contributed by atoms with E-state index >= 15 is 0 Å². The zero-order chi connectivity index (χ0) is 27.9. The third-order valence-corrected chi connectivity index (χ3v) is 7.37. The summed E-state index contributed by atoms with van der Waals surface area (Å²) in [4.78, 5) is 18.9. The topological polar surface area (TPSA) is 78.3 Å². The Kier molecular flexibility index (Phi) is 7.43. The molecule has 1 unspecified atom stereocenters. The third kappa shape index (κ3) is 6.12. The van der Waals surface area contributed by atoms with E-state index in [1.54, 1.807) is 29.2 Å². The number of benzene rings is 2. The Morgan fingerprint density at radius 1 is 1.15 bits per heavy atom. The Hall–Kier alpha value is -3.37. The van der Waals surface area contributed by atoms with Gasteiger partial charge in [0.25, 0.3) is 11.9 Å². The van der Waals surface area contributed by atoms with Crippen LogP contribution in [-0.2, 0) is 17.5 Å². The monoisotopic (exact) mass is 580 g/mol. The van der Waals surface area contributed by atoms with E-state index in [0.717, 1.165) is 18.4 Å². The number of alkyl halides is 3. The Labute approximate surface area is 231 Å². The van der Waals surface area contributed by atoms with Crippen LogP contribution in [0.25, 0.3) is 11.3 Å². The molecule has 1 aliphatic heterocycles. The molecule has 2 fully saturated rings. The fourth-order valence-electron chi connectivity index (χ4n) is 4.59. The van der Waals surface area contributed by atoms with E-state index < -0.39 is 29.2 Å². The van der Waals surface area contributed by atoms with Crippen molar-refractivity contribution in [3.63, 3.8) is 0 Å². The molecule has 2 aromatic carbocycles. The van der Waals surface area contributed by atoms with Gasteiger partial charge in [-0.2, -0.15) is 13.2 Å². The first kappa shape index (κ1) is 27.2. The van der Waals surface area contributed by atoms with Crippen molar-refractivity contribution in [3.05, 3.63) is 86.8 Å². The maximum atomic E-state index is 13.8. The van der Waals surface area contributed by atoms with Crippen LogP contribution in [0.1, 0.15) is 45.9 Å². The second-order valence-corrected chi connectivity index (χ2v) is 10.3. The Morgan fingerprint density at radius 2 is 1.92 bits per heavy atom. The van der Waals surface area contributed by atoms with Crippen LogP contribution in [0.15, 0.2) is 48.7 Å². The van der Waals surface area contributed by atoms with Gasteiger partial charge in [0, 0.05) is 17.7 Å². The summed E-state index contributed by atoms with van der Waals surface area (Å²) in [6.07, 6.45) is -2.39. The molecule has 2 N–H and O–H groups in total. The molecule has 0 radical (unpaired) electrons. The summed E-state index contributed by atoms with van der Waals surface area (Å²) in [6.45, 7) is 0.832. The normalized spacial score (nSPS) is 16.3. The van der Waals surface area contributed by atoms with Gasteiger partial charge in [0.05, 0.1) is 40.1 Å². The number of hydrogen-bond acceptors (Lipinski definition) is 4. The second kappa shape index (κ2) is 10.7. The van der Waals surface area contributed by atoms with Gasteiger partial charge in [-0.05, 0) is 66.3 Å². The van der Waals surface area contributed by atoms with Crippen molar-refractivity contribution in [1.82, 2.24) is 15.2 Å². The summed E-state index contributed by atoms with van der Waals surface area (Å²) in [5.41, 5.74) is -0.442. The van der Waals surface area contributed by atoms with Crippen molar-refractivity contribution < 1.29 is 27.1 Å². The minimum Gasteiger partial charge on any atom is -0.463 e. The molecule has 39 heavy (non-hydrogen) atoms. The molecular weight excluding hydrogens is 559 g/mol. The minimum absolute atomic E-state index is 0.00543. The Balaban J connectivity index is 1.54. The predicted octanol–water partition coefficient (Wildman–Crippen LogP) is 6.86. The molecule has 1 saturated carbocycles. The molecular formula is C27H22Cl2F4N4O2. The highest BCUT2D eigenvalue weighted by Gasteiger charge is 2.36. The van der Waals surface area contributed by atoms with Crippen LogP contribution < -0.4 is 5.32 Å². The fraction of sp³-hybridized carbons (Fsp3) is 0.296. The number of carbonyl (C=O) groups excluding carboxylic acids is 1. The number of nitrogens with zero attached hydrogens (tertiary/aromatic N) is 2. The molecule has 2 heterocycles. The standard InChI is InChI=1S/C27H22Cl2F4N4O2/c28-21-4-3-16(10-22(21)29)23(15-1-2-15)36-25(38)18-8-14(13-37-5-6-39-26(37)34)7-17(9-18)24-20(27(31,32)33)11-19(30)12-35-24/h3-4,7-12,15,23,34H,1-2,5-6,13H2,(H,36,38). The number of pyridine rings is 1. The molecule has 6 nitrogen and oxygen atoms in total. The molecule has 1 amide bonds. The van der Waals surface area contributed by atoms with Gasteiger partial charge >= 0.3 is 6.18 Å². The van der Waals surface area contributed by atoms with Crippen molar-refractivity contribution in [2.75, 3.05) is 13.2 Å². The largest absolute Gasteiger partial charge is 0.463 e. The van der Waals surface area contributed by atoms with Gasteiger partial charge in [-0.1, -0.05) is 29.3 Å². The number of rotatable bonds is 7. The molecule has 12 heteroatoms. The van der Waals surface area contributed by atoms with Crippen molar-refractivity contribution in [1.29, 1.82) is 5.41 Å². The fourth-order valence-corrected chi connectivity index (χ4v) is 4.89. The first-order chi connectivity index (χ1) is 18.5. The van der Waals surface area contributed by atoms with E-state index in [1.807, 2.05) is 0 Å². The van der Waals surface area contributed by atoms with Gasteiger partial charge < -0.3 is 15.0 Å². The van der Waals surface area contributed by atoms with Gasteiger partial charge in [-0.25, -0.2) is 4.39 Å². The lowest BCUT2D eigenvalue weighted by atomic mass is 9.98. The lowest BCUT2D eigenvalue weighted by Crippen LogP contribution is -2.30. The van der Waals surface area contributed by atoms with E-state index in [1.165, 1.54) is 12.1 Å². The molecule has 2 aliphatic rings. The summed E-state index contributed by atoms with van der Waals surface area (Å²) >= 11 is 12.3. The van der Waals surface area contributed by atoms with Crippen molar-refractivity contribution in [2.24, 2.45) is 5.92 Å². The first-order valence-electron chi connectivity index (χ1n) is 12.1. The molecule has 1 atom stereocenters. The van der Waals surface area contributed by atoms with Gasteiger partial charge in [0.15, 0.2) is 0 Å². The van der Waals surface area contributed by atoms with Crippen LogP contribution in [0, 0.1) is 17.1 Å². The number of nitrogens with one attached hydrogen (secondary N) is 2. The average Bonchev–Trinajstić information content (AvgIpc) is 3.65. The smallest absolute Gasteiger partial charge is 0.418 e. The van der Waals surface area contributed by atoms with E-state index in [-0.39, 0.29) is 35.7 Å². The highest BCUT2D eigenvalue weighted by atomic mass is 35.5. The number of carbonyl (C=O) groups is 1. The number of ether oxygens (including phenoxy) is 1. The molecule has 1 aliphatic carbocycles. The van der Waals surface area contributed by atoms with Crippen LogP contribution in [0.5, 0.6) is 0 Å². The quantitative estimate of drug-likeness (QED) is 0.299. The van der Waals surface area contributed by atoms with Crippen molar-refractivity contribution >= 4 is 35.1 Å². The van der Waals surface area contributed by atoms with Crippen LogP contribution in [0.4, 0.5) is 17.6 Å². The number of hydrogen-bond donors (Lipinski definition) is 2. The van der Waals surface area contributed by atoms with Crippen molar-refractivity contribution in [3.8, 4) is 11.3 Å². The summed E-state index contributed by atoms with van der Waals surface area (Å²) in [7, 11) is 0. The number of amidine groups is 1. The summed E-state index contributed by atoms with van der Waals surface area (Å²) in [5, 5.41) is 11.6. The SMILES string of the molecule is N=C1OCCN1Cc1cc(C(=O)NC(c2ccc(Cl)c(Cl)c2)C2CC2)cc(-c2ncc(F)cc2C(F)(F)F)c1. The van der Waals surface area contributed by atoms with Crippen LogP contribution >= 0.6 is 23.2 Å². The third-order valence-electron chi connectivity index (χ3n) is 6.63. The Morgan fingerprint density at radius 3 is 2.56 bits per heavy atom. The highest BCUT2D eigenvalue weighted by Crippen LogP contribution is 2.42. The summed E-state index contributed by atoms with van der Waals surface area (Å²) < 4.78 is 60.3. The van der Waals surface area contributed by atoms with Gasteiger partial charge in [0.2, 0.25) is 0 Å². The number of amides is 1. The lowest BCUT2D eigenvalue weighted by molar-refractivity contribution is -0.137. The maximum Gasteiger partial charge on any atom is 0.418 e. The number of halogens is 6. The molecule has 3 aromatic rings. The number of aromatic nitrogens is 1. The van der Waals surface area contributed by atoms with E-state index in [4.69, 9.17) is 33.3 Å². The molecule has 204 valence electrons. The van der Waals surface area contributed by atoms with Crippen molar-refractivity contribution in [2.45, 2.75) is 31.6 Å². The molecule has 1 aromatic heterocycles. The minimum atomic E-state index is -4.88. The van der Waals surface area contributed by atoms with Crippen LogP contribution in [0.2, 0.25) is 10.0 Å². The molecule has 1 saturated heterocycles. The van der Waals surface area contributed by atoms with Gasteiger partial charge in [0.1, 0.15) is 12.4 Å². The Bertz CT molecular complexity index is 1450. The lowest BCUT2D eigenvalue weighted by Gasteiger charge is -2.21. The molecule has 5 rings (SSSR count).